The number of fused-ring (bicyclic) bond motifs is 1. The fourth-order valence-electron chi connectivity index (χ4n) is 2.84. The topological polar surface area (TPSA) is 29.9 Å². The number of anilines is 1. The van der Waals surface area contributed by atoms with Gasteiger partial charge in [-0.05, 0) is 24.1 Å². The Labute approximate surface area is 117 Å². The third kappa shape index (κ3) is 1.71. The third-order valence-corrected chi connectivity index (χ3v) is 3.80. The smallest absolute Gasteiger partial charge is 0.0997 e. The van der Waals surface area contributed by atoms with Gasteiger partial charge in [0.15, 0.2) is 0 Å². The Morgan fingerprint density at radius 1 is 1.00 bits per heavy atom. The minimum atomic E-state index is 1.02. The minimum Gasteiger partial charge on any atom is -0.384 e. The van der Waals surface area contributed by atoms with Crippen molar-refractivity contribution in [2.45, 2.75) is 6.42 Å². The number of hydrogen-bond donors (Lipinski definition) is 1. The molecule has 0 atom stereocenters. The summed E-state index contributed by atoms with van der Waals surface area (Å²) in [5.74, 6) is 0. The molecule has 4 rings (SSSR count). The van der Waals surface area contributed by atoms with Gasteiger partial charge in [-0.25, -0.2) is 4.98 Å². The van der Waals surface area contributed by atoms with E-state index in [0.717, 1.165) is 24.3 Å². The Morgan fingerprint density at radius 3 is 2.80 bits per heavy atom. The van der Waals surface area contributed by atoms with Gasteiger partial charge in [-0.2, -0.15) is 0 Å². The van der Waals surface area contributed by atoms with Crippen LogP contribution >= 0.6 is 0 Å². The summed E-state index contributed by atoms with van der Waals surface area (Å²) in [5.41, 5.74) is 6.13. The fraction of sp³-hybridized carbons (Fsp3) is 0.118. The summed E-state index contributed by atoms with van der Waals surface area (Å²) < 4.78 is 2.13. The second kappa shape index (κ2) is 4.53. The van der Waals surface area contributed by atoms with E-state index in [1.54, 1.807) is 0 Å². The summed E-state index contributed by atoms with van der Waals surface area (Å²) in [6.45, 7) is 1.02. The average molecular weight is 261 g/mol. The standard InChI is InChI=1S/C17H15N3/c1-2-6-14(7-3-1)20-12-18-11-16(20)15-8-4-5-13-9-10-19-17(13)15/h1-8,11-12,19H,9-10H2. The molecule has 0 fully saturated rings. The lowest BCUT2D eigenvalue weighted by atomic mass is 10.1. The Morgan fingerprint density at radius 2 is 1.90 bits per heavy atom. The van der Waals surface area contributed by atoms with Crippen molar-refractivity contribution < 1.29 is 0 Å². The molecule has 0 amide bonds. The number of aromatic nitrogens is 2. The van der Waals surface area contributed by atoms with Gasteiger partial charge in [0.2, 0.25) is 0 Å². The van der Waals surface area contributed by atoms with Crippen LogP contribution in [0.3, 0.4) is 0 Å². The maximum absolute atomic E-state index is 4.34. The zero-order chi connectivity index (χ0) is 13.4. The van der Waals surface area contributed by atoms with Crippen molar-refractivity contribution in [3.05, 3.63) is 66.6 Å². The van der Waals surface area contributed by atoms with Gasteiger partial charge >= 0.3 is 0 Å². The normalized spacial score (nSPS) is 13.0. The summed E-state index contributed by atoms with van der Waals surface area (Å²) in [5, 5.41) is 3.49. The first-order chi connectivity index (χ1) is 9.93. The highest BCUT2D eigenvalue weighted by Gasteiger charge is 2.17. The predicted octanol–water partition coefficient (Wildman–Crippen LogP) is 3.51. The molecule has 1 aliphatic heterocycles. The lowest BCUT2D eigenvalue weighted by Gasteiger charge is -2.12. The molecule has 1 aliphatic rings. The van der Waals surface area contributed by atoms with E-state index >= 15 is 0 Å². The van der Waals surface area contributed by atoms with E-state index in [1.165, 1.54) is 16.8 Å². The fourth-order valence-corrected chi connectivity index (χ4v) is 2.84. The highest BCUT2D eigenvalue weighted by atomic mass is 15.1. The summed E-state index contributed by atoms with van der Waals surface area (Å²) in [7, 11) is 0. The second-order valence-corrected chi connectivity index (χ2v) is 5.00. The number of para-hydroxylation sites is 2. The van der Waals surface area contributed by atoms with Crippen LogP contribution in [0.5, 0.6) is 0 Å². The predicted molar refractivity (Wildman–Crippen MR) is 81.2 cm³/mol. The summed E-state index contributed by atoms with van der Waals surface area (Å²) in [6, 6.07) is 16.8. The summed E-state index contributed by atoms with van der Waals surface area (Å²) >= 11 is 0. The molecule has 0 aliphatic carbocycles. The zero-order valence-corrected chi connectivity index (χ0v) is 11.1. The molecule has 2 aromatic carbocycles. The molecule has 3 aromatic rings. The van der Waals surface area contributed by atoms with E-state index in [9.17, 15) is 0 Å². The molecule has 0 radical (unpaired) electrons. The van der Waals surface area contributed by atoms with Crippen molar-refractivity contribution in [1.82, 2.24) is 9.55 Å². The molecule has 1 aromatic heterocycles. The van der Waals surface area contributed by atoms with E-state index < -0.39 is 0 Å². The van der Waals surface area contributed by atoms with Crippen LogP contribution in [-0.4, -0.2) is 16.1 Å². The number of benzene rings is 2. The average Bonchev–Trinajstić information content (AvgIpc) is 3.16. The molecule has 0 saturated heterocycles. The van der Waals surface area contributed by atoms with Crippen LogP contribution in [0.25, 0.3) is 16.9 Å². The molecule has 1 N–H and O–H groups in total. The van der Waals surface area contributed by atoms with Gasteiger partial charge < -0.3 is 5.32 Å². The first kappa shape index (κ1) is 11.3. The molecular weight excluding hydrogens is 246 g/mol. The second-order valence-electron chi connectivity index (χ2n) is 5.00. The van der Waals surface area contributed by atoms with Gasteiger partial charge in [0.25, 0.3) is 0 Å². The Balaban J connectivity index is 1.89. The Kier molecular flexibility index (Phi) is 2.56. The lowest BCUT2D eigenvalue weighted by Crippen LogP contribution is -1.98. The SMILES string of the molecule is c1ccc(-n2cncc2-c2cccc3c2NCC3)cc1. The van der Waals surface area contributed by atoms with Gasteiger partial charge in [0.05, 0.1) is 18.2 Å². The van der Waals surface area contributed by atoms with E-state index in [1.807, 2.05) is 30.7 Å². The number of hydrogen-bond acceptors (Lipinski definition) is 2. The maximum Gasteiger partial charge on any atom is 0.0997 e. The van der Waals surface area contributed by atoms with Gasteiger partial charge in [-0.15, -0.1) is 0 Å². The van der Waals surface area contributed by atoms with Crippen molar-refractivity contribution in [3.63, 3.8) is 0 Å². The van der Waals surface area contributed by atoms with Gasteiger partial charge in [0.1, 0.15) is 0 Å². The van der Waals surface area contributed by atoms with Crippen LogP contribution in [0.1, 0.15) is 5.56 Å². The monoisotopic (exact) mass is 261 g/mol. The van der Waals surface area contributed by atoms with Crippen molar-refractivity contribution in [3.8, 4) is 16.9 Å². The first-order valence-electron chi connectivity index (χ1n) is 6.87. The van der Waals surface area contributed by atoms with Crippen molar-refractivity contribution in [2.24, 2.45) is 0 Å². The highest BCUT2D eigenvalue weighted by molar-refractivity contribution is 5.80. The molecule has 98 valence electrons. The molecule has 0 saturated carbocycles. The molecule has 0 spiro atoms. The van der Waals surface area contributed by atoms with Crippen LogP contribution in [0.15, 0.2) is 61.1 Å². The van der Waals surface area contributed by atoms with Gasteiger partial charge in [-0.3, -0.25) is 4.57 Å². The van der Waals surface area contributed by atoms with Crippen LogP contribution in [-0.2, 0) is 6.42 Å². The van der Waals surface area contributed by atoms with Gasteiger partial charge in [0, 0.05) is 23.5 Å². The minimum absolute atomic E-state index is 1.02. The number of rotatable bonds is 2. The van der Waals surface area contributed by atoms with E-state index in [4.69, 9.17) is 0 Å². The van der Waals surface area contributed by atoms with Crippen molar-refractivity contribution in [2.75, 3.05) is 11.9 Å². The molecule has 0 unspecified atom stereocenters. The van der Waals surface area contributed by atoms with Crippen molar-refractivity contribution in [1.29, 1.82) is 0 Å². The molecule has 20 heavy (non-hydrogen) atoms. The molecular formula is C17H15N3. The number of imidazole rings is 1. The first-order valence-corrected chi connectivity index (χ1v) is 6.87. The number of nitrogens with zero attached hydrogens (tertiary/aromatic N) is 2. The van der Waals surface area contributed by atoms with E-state index in [2.05, 4.69) is 45.2 Å². The van der Waals surface area contributed by atoms with Crippen LogP contribution in [0.4, 0.5) is 5.69 Å². The van der Waals surface area contributed by atoms with Crippen LogP contribution in [0, 0.1) is 0 Å². The maximum atomic E-state index is 4.34. The highest BCUT2D eigenvalue weighted by Crippen LogP contribution is 2.34. The lowest BCUT2D eigenvalue weighted by molar-refractivity contribution is 1.06. The summed E-state index contributed by atoms with van der Waals surface area (Å²) in [6.07, 6.45) is 4.91. The quantitative estimate of drug-likeness (QED) is 0.765. The third-order valence-electron chi connectivity index (χ3n) is 3.80. The molecule has 3 heteroatoms. The molecule has 3 nitrogen and oxygen atoms in total. The largest absolute Gasteiger partial charge is 0.384 e. The Bertz CT molecular complexity index is 744. The molecule has 2 heterocycles. The number of nitrogens with one attached hydrogen (secondary N) is 1. The Hall–Kier alpha value is -2.55. The van der Waals surface area contributed by atoms with Crippen LogP contribution < -0.4 is 5.32 Å². The van der Waals surface area contributed by atoms with Crippen LogP contribution in [0.2, 0.25) is 0 Å². The summed E-state index contributed by atoms with van der Waals surface area (Å²) in [4.78, 5) is 4.34. The van der Waals surface area contributed by atoms with Crippen molar-refractivity contribution >= 4 is 5.69 Å². The van der Waals surface area contributed by atoms with E-state index in [-0.39, 0.29) is 0 Å². The van der Waals surface area contributed by atoms with E-state index in [0.29, 0.717) is 0 Å². The zero-order valence-electron chi connectivity index (χ0n) is 11.1. The van der Waals surface area contributed by atoms with Gasteiger partial charge in [-0.1, -0.05) is 36.4 Å². The molecule has 0 bridgehead atoms.